The number of nitrogens with zero attached hydrogens (tertiary/aromatic N) is 1. The lowest BCUT2D eigenvalue weighted by Crippen LogP contribution is -2.54. The smallest absolute Gasteiger partial charge is 0.325 e. The summed E-state index contributed by atoms with van der Waals surface area (Å²) in [7, 11) is 0. The highest BCUT2D eigenvalue weighted by Gasteiger charge is 2.55. The van der Waals surface area contributed by atoms with E-state index in [1.807, 2.05) is 27.7 Å². The molecule has 1 saturated heterocycles. The van der Waals surface area contributed by atoms with Crippen molar-refractivity contribution in [1.29, 1.82) is 0 Å². The van der Waals surface area contributed by atoms with Gasteiger partial charge in [-0.05, 0) is 39.0 Å². The van der Waals surface area contributed by atoms with Crippen LogP contribution in [0.25, 0.3) is 0 Å². The van der Waals surface area contributed by atoms with Gasteiger partial charge in [0.25, 0.3) is 5.91 Å². The van der Waals surface area contributed by atoms with E-state index in [0.717, 1.165) is 30.6 Å². The van der Waals surface area contributed by atoms with Crippen molar-refractivity contribution in [3.8, 4) is 0 Å². The summed E-state index contributed by atoms with van der Waals surface area (Å²) in [6.07, 6.45) is 4.38. The lowest BCUT2D eigenvalue weighted by molar-refractivity contribution is -0.137. The number of amides is 4. The summed E-state index contributed by atoms with van der Waals surface area (Å²) in [5.41, 5.74) is -1.14. The molecule has 6 nitrogen and oxygen atoms in total. The van der Waals surface area contributed by atoms with Crippen molar-refractivity contribution in [1.82, 2.24) is 15.5 Å². The predicted octanol–water partition coefficient (Wildman–Crippen LogP) is 1.79. The van der Waals surface area contributed by atoms with Gasteiger partial charge >= 0.3 is 6.03 Å². The second-order valence-corrected chi connectivity index (χ2v) is 7.23. The monoisotopic (exact) mass is 309 g/mol. The zero-order valence-corrected chi connectivity index (χ0v) is 14.0. The summed E-state index contributed by atoms with van der Waals surface area (Å²) in [6, 6.07) is -0.441. The number of carbonyl (C=O) groups excluding carboxylic acids is 3. The number of imide groups is 1. The van der Waals surface area contributed by atoms with Crippen LogP contribution in [0.3, 0.4) is 0 Å². The van der Waals surface area contributed by atoms with Gasteiger partial charge in [-0.25, -0.2) is 4.79 Å². The number of hydrogen-bond donors (Lipinski definition) is 2. The van der Waals surface area contributed by atoms with Crippen LogP contribution >= 0.6 is 0 Å². The minimum atomic E-state index is -0.796. The molecular formula is C16H27N3O3. The molecule has 1 saturated carbocycles. The standard InChI is InChI=1S/C16H27N3O3/c1-5-15(3,4)17-12(20)10-19-13(21)16(18-14(19)22)9-7-6-8-11(16)2/h11H,5-10H2,1-4H3,(H,17,20)(H,18,22)/t11-,16-/m0/s1. The largest absolute Gasteiger partial charge is 0.350 e. The van der Waals surface area contributed by atoms with E-state index in [0.29, 0.717) is 6.42 Å². The number of hydrogen-bond acceptors (Lipinski definition) is 3. The van der Waals surface area contributed by atoms with Crippen molar-refractivity contribution in [3.05, 3.63) is 0 Å². The molecule has 2 aliphatic rings. The maximum absolute atomic E-state index is 12.7. The van der Waals surface area contributed by atoms with E-state index >= 15 is 0 Å². The molecule has 2 fully saturated rings. The molecule has 2 atom stereocenters. The Bertz CT molecular complexity index is 489. The van der Waals surface area contributed by atoms with Crippen LogP contribution in [-0.4, -0.2) is 40.4 Å². The highest BCUT2D eigenvalue weighted by atomic mass is 16.2. The average Bonchev–Trinajstić information content (AvgIpc) is 2.67. The molecule has 2 N–H and O–H groups in total. The molecule has 0 aromatic heterocycles. The second-order valence-electron chi connectivity index (χ2n) is 7.23. The molecule has 0 unspecified atom stereocenters. The molecule has 124 valence electrons. The first-order valence-electron chi connectivity index (χ1n) is 8.17. The summed E-state index contributed by atoms with van der Waals surface area (Å²) in [4.78, 5) is 38.1. The molecule has 22 heavy (non-hydrogen) atoms. The third-order valence-corrected chi connectivity index (χ3v) is 5.16. The van der Waals surface area contributed by atoms with Crippen LogP contribution in [0.5, 0.6) is 0 Å². The van der Waals surface area contributed by atoms with Gasteiger partial charge in [-0.2, -0.15) is 0 Å². The van der Waals surface area contributed by atoms with Crippen molar-refractivity contribution in [2.24, 2.45) is 5.92 Å². The Kier molecular flexibility index (Phi) is 4.49. The zero-order chi connectivity index (χ0) is 16.5. The summed E-state index contributed by atoms with van der Waals surface area (Å²) in [5, 5.41) is 5.72. The molecular weight excluding hydrogens is 282 g/mol. The van der Waals surface area contributed by atoms with Crippen LogP contribution in [-0.2, 0) is 9.59 Å². The molecule has 0 aromatic rings. The summed E-state index contributed by atoms with van der Waals surface area (Å²) >= 11 is 0. The zero-order valence-electron chi connectivity index (χ0n) is 14.0. The van der Waals surface area contributed by atoms with Crippen molar-refractivity contribution < 1.29 is 14.4 Å². The van der Waals surface area contributed by atoms with E-state index in [1.54, 1.807) is 0 Å². The number of nitrogens with one attached hydrogen (secondary N) is 2. The van der Waals surface area contributed by atoms with Crippen LogP contribution in [0.2, 0.25) is 0 Å². The number of carbonyl (C=O) groups is 3. The van der Waals surface area contributed by atoms with E-state index < -0.39 is 11.6 Å². The molecule has 0 bridgehead atoms. The first kappa shape index (κ1) is 16.8. The van der Waals surface area contributed by atoms with Crippen molar-refractivity contribution in [2.75, 3.05) is 6.54 Å². The Hall–Kier alpha value is -1.59. The fourth-order valence-corrected chi connectivity index (χ4v) is 3.29. The Morgan fingerprint density at radius 1 is 1.41 bits per heavy atom. The van der Waals surface area contributed by atoms with Gasteiger partial charge in [0.1, 0.15) is 12.1 Å². The molecule has 1 aliphatic carbocycles. The maximum Gasteiger partial charge on any atom is 0.325 e. The van der Waals surface area contributed by atoms with E-state index in [-0.39, 0.29) is 29.8 Å². The Labute approximate surface area is 132 Å². The predicted molar refractivity (Wildman–Crippen MR) is 83.1 cm³/mol. The third-order valence-electron chi connectivity index (χ3n) is 5.16. The molecule has 4 amide bonds. The molecule has 1 heterocycles. The van der Waals surface area contributed by atoms with E-state index in [9.17, 15) is 14.4 Å². The molecule has 6 heteroatoms. The molecule has 0 radical (unpaired) electrons. The van der Waals surface area contributed by atoms with Gasteiger partial charge in [0.05, 0.1) is 0 Å². The van der Waals surface area contributed by atoms with Crippen molar-refractivity contribution in [3.63, 3.8) is 0 Å². The molecule has 2 rings (SSSR count). The van der Waals surface area contributed by atoms with Crippen molar-refractivity contribution in [2.45, 2.75) is 70.9 Å². The van der Waals surface area contributed by atoms with Gasteiger partial charge < -0.3 is 10.6 Å². The topological polar surface area (TPSA) is 78.5 Å². The van der Waals surface area contributed by atoms with E-state index in [2.05, 4.69) is 10.6 Å². The first-order valence-corrected chi connectivity index (χ1v) is 8.17. The molecule has 1 aliphatic heterocycles. The quantitative estimate of drug-likeness (QED) is 0.777. The summed E-state index contributed by atoms with van der Waals surface area (Å²) in [5.74, 6) is -0.428. The fourth-order valence-electron chi connectivity index (χ4n) is 3.29. The lowest BCUT2D eigenvalue weighted by Gasteiger charge is -2.36. The van der Waals surface area contributed by atoms with Gasteiger partial charge in [0.2, 0.25) is 5.91 Å². The van der Waals surface area contributed by atoms with Gasteiger partial charge in [-0.1, -0.05) is 26.7 Å². The minimum absolute atomic E-state index is 0.109. The first-order chi connectivity index (χ1) is 10.2. The Balaban J connectivity index is 2.08. The third kappa shape index (κ3) is 2.96. The van der Waals surface area contributed by atoms with E-state index in [4.69, 9.17) is 0 Å². The normalized spacial score (nSPS) is 28.9. The highest BCUT2D eigenvalue weighted by molar-refractivity contribution is 6.09. The van der Waals surface area contributed by atoms with Crippen LogP contribution in [0.4, 0.5) is 4.79 Å². The number of urea groups is 1. The molecule has 1 spiro atoms. The SMILES string of the molecule is CCC(C)(C)NC(=O)CN1C(=O)N[C@]2(CCCC[C@@H]2C)C1=O. The second kappa shape index (κ2) is 5.89. The van der Waals surface area contributed by atoms with Crippen LogP contribution < -0.4 is 10.6 Å². The Morgan fingerprint density at radius 2 is 2.09 bits per heavy atom. The van der Waals surface area contributed by atoms with Gasteiger partial charge in [-0.15, -0.1) is 0 Å². The summed E-state index contributed by atoms with van der Waals surface area (Å²) in [6.45, 7) is 7.61. The minimum Gasteiger partial charge on any atom is -0.350 e. The average molecular weight is 309 g/mol. The van der Waals surface area contributed by atoms with Gasteiger partial charge in [-0.3, -0.25) is 14.5 Å². The fraction of sp³-hybridized carbons (Fsp3) is 0.812. The van der Waals surface area contributed by atoms with Gasteiger partial charge in [0.15, 0.2) is 0 Å². The summed E-state index contributed by atoms with van der Waals surface area (Å²) < 4.78 is 0. The van der Waals surface area contributed by atoms with Crippen LogP contribution in [0.1, 0.15) is 59.8 Å². The van der Waals surface area contributed by atoms with Crippen molar-refractivity contribution >= 4 is 17.8 Å². The van der Waals surface area contributed by atoms with Crippen LogP contribution in [0, 0.1) is 5.92 Å². The van der Waals surface area contributed by atoms with Crippen LogP contribution in [0.15, 0.2) is 0 Å². The number of rotatable bonds is 4. The molecule has 0 aromatic carbocycles. The highest BCUT2D eigenvalue weighted by Crippen LogP contribution is 2.38. The maximum atomic E-state index is 12.7. The van der Waals surface area contributed by atoms with Gasteiger partial charge in [0, 0.05) is 5.54 Å². The Morgan fingerprint density at radius 3 is 2.68 bits per heavy atom. The van der Waals surface area contributed by atoms with E-state index in [1.165, 1.54) is 0 Å². The lowest BCUT2D eigenvalue weighted by atomic mass is 9.73.